The summed E-state index contributed by atoms with van der Waals surface area (Å²) in [6.07, 6.45) is -8.62. The molecule has 0 saturated carbocycles. The van der Waals surface area contributed by atoms with Crippen LogP contribution >= 0.6 is 23.1 Å². The molecule has 0 atom stereocenters. The van der Waals surface area contributed by atoms with Crippen molar-refractivity contribution in [2.45, 2.75) is 42.2 Å². The summed E-state index contributed by atoms with van der Waals surface area (Å²) in [5, 5.41) is 0.641. The molecule has 35 heavy (non-hydrogen) atoms. The molecule has 0 unspecified atom stereocenters. The molecule has 3 aromatic heterocycles. The van der Waals surface area contributed by atoms with Gasteiger partial charge in [-0.05, 0) is 48.9 Å². The van der Waals surface area contributed by atoms with Gasteiger partial charge in [-0.3, -0.25) is 14.3 Å². The first-order chi connectivity index (χ1) is 16.3. The summed E-state index contributed by atoms with van der Waals surface area (Å²) in [4.78, 5) is 32.2. The minimum atomic E-state index is -4.47. The molecule has 0 saturated heterocycles. The number of benzene rings is 1. The Morgan fingerprint density at radius 1 is 1.03 bits per heavy atom. The third-order valence-electron chi connectivity index (χ3n) is 5.09. The molecule has 0 aliphatic heterocycles. The number of nitrogens with zero attached hydrogens (tertiary/aromatic N) is 2. The van der Waals surface area contributed by atoms with Crippen molar-refractivity contribution >= 4 is 33.3 Å². The lowest BCUT2D eigenvalue weighted by molar-refractivity contribution is -0.138. The largest absolute Gasteiger partial charge is 0.416 e. The van der Waals surface area contributed by atoms with Gasteiger partial charge in [0.2, 0.25) is 0 Å². The smallest absolute Gasteiger partial charge is 0.284 e. The molecular weight excluding hydrogens is 516 g/mol. The van der Waals surface area contributed by atoms with Gasteiger partial charge < -0.3 is 0 Å². The number of nitrogens with one attached hydrogen (secondary N) is 1. The van der Waals surface area contributed by atoms with E-state index in [1.807, 2.05) is 0 Å². The van der Waals surface area contributed by atoms with Gasteiger partial charge in [0.1, 0.15) is 9.86 Å². The van der Waals surface area contributed by atoms with Gasteiger partial charge in [0.15, 0.2) is 0 Å². The van der Waals surface area contributed by atoms with Crippen LogP contribution < -0.4 is 11.2 Å². The molecule has 4 rings (SSSR count). The SMILES string of the molecule is Cc1c(-c2ccc(Sc3ccc(C(F)(F)F)cc3)nc2)sc2c1c(=O)[nH]c(=O)n2CCC(F)(F)F. The Bertz CT molecular complexity index is 1480. The van der Waals surface area contributed by atoms with E-state index >= 15 is 0 Å². The number of fused-ring (bicyclic) bond motifs is 1. The number of aromatic amines is 1. The number of hydrogen-bond acceptors (Lipinski definition) is 5. The number of rotatable bonds is 5. The molecule has 0 aliphatic carbocycles. The highest BCUT2D eigenvalue weighted by molar-refractivity contribution is 7.99. The van der Waals surface area contributed by atoms with Crippen molar-refractivity contribution in [2.24, 2.45) is 0 Å². The van der Waals surface area contributed by atoms with Crippen LogP contribution in [-0.2, 0) is 12.7 Å². The summed E-state index contributed by atoms with van der Waals surface area (Å²) in [7, 11) is 0. The highest BCUT2D eigenvalue weighted by Crippen LogP contribution is 2.37. The van der Waals surface area contributed by atoms with Gasteiger partial charge in [-0.2, -0.15) is 26.3 Å². The van der Waals surface area contributed by atoms with Crippen LogP contribution in [0.15, 0.2) is 62.1 Å². The molecule has 184 valence electrons. The van der Waals surface area contributed by atoms with E-state index in [4.69, 9.17) is 0 Å². The lowest BCUT2D eigenvalue weighted by Gasteiger charge is -2.09. The van der Waals surface area contributed by atoms with Crippen molar-refractivity contribution in [1.29, 1.82) is 0 Å². The minimum Gasteiger partial charge on any atom is -0.284 e. The predicted octanol–water partition coefficient (Wildman–Crippen LogP) is 6.24. The molecular formula is C22H15F6N3O2S2. The molecule has 1 N–H and O–H groups in total. The highest BCUT2D eigenvalue weighted by atomic mass is 32.2. The van der Waals surface area contributed by atoms with E-state index in [0.717, 1.165) is 39.8 Å². The number of aromatic nitrogens is 3. The van der Waals surface area contributed by atoms with Crippen molar-refractivity contribution in [3.8, 4) is 10.4 Å². The number of H-pyrrole nitrogens is 1. The topological polar surface area (TPSA) is 67.8 Å². The molecule has 1 aromatic carbocycles. The molecule has 0 spiro atoms. The zero-order valence-electron chi connectivity index (χ0n) is 17.8. The first-order valence-corrected chi connectivity index (χ1v) is 11.6. The molecule has 5 nitrogen and oxygen atoms in total. The summed E-state index contributed by atoms with van der Waals surface area (Å²) < 4.78 is 77.2. The molecule has 13 heteroatoms. The third kappa shape index (κ3) is 5.45. The van der Waals surface area contributed by atoms with Crippen LogP contribution in [-0.4, -0.2) is 20.7 Å². The quantitative estimate of drug-likeness (QED) is 0.310. The first-order valence-electron chi connectivity index (χ1n) is 9.98. The fraction of sp³-hybridized carbons (Fsp3) is 0.227. The van der Waals surface area contributed by atoms with Crippen molar-refractivity contribution in [3.63, 3.8) is 0 Å². The van der Waals surface area contributed by atoms with E-state index in [9.17, 15) is 35.9 Å². The van der Waals surface area contributed by atoms with Crippen LogP contribution in [0.1, 0.15) is 17.5 Å². The fourth-order valence-electron chi connectivity index (χ4n) is 3.40. The second-order valence-electron chi connectivity index (χ2n) is 7.52. The zero-order chi connectivity index (χ0) is 25.5. The number of alkyl halides is 6. The van der Waals surface area contributed by atoms with Gasteiger partial charge in [-0.25, -0.2) is 9.78 Å². The maximum Gasteiger partial charge on any atom is 0.416 e. The van der Waals surface area contributed by atoms with E-state index in [1.165, 1.54) is 18.3 Å². The Morgan fingerprint density at radius 3 is 2.29 bits per heavy atom. The van der Waals surface area contributed by atoms with Crippen LogP contribution in [0.4, 0.5) is 26.3 Å². The Kier molecular flexibility index (Phi) is 6.58. The second-order valence-corrected chi connectivity index (χ2v) is 9.61. The van der Waals surface area contributed by atoms with Crippen molar-refractivity contribution in [3.05, 3.63) is 74.6 Å². The summed E-state index contributed by atoms with van der Waals surface area (Å²) in [6, 6.07) is 7.96. The number of pyridine rings is 1. The van der Waals surface area contributed by atoms with E-state index < -0.39 is 42.1 Å². The second kappa shape index (κ2) is 9.19. The van der Waals surface area contributed by atoms with Crippen molar-refractivity contribution in [2.75, 3.05) is 0 Å². The van der Waals surface area contributed by atoms with Gasteiger partial charge >= 0.3 is 18.0 Å². The van der Waals surface area contributed by atoms with E-state index in [-0.39, 0.29) is 10.2 Å². The average Bonchev–Trinajstić information content (AvgIpc) is 3.10. The van der Waals surface area contributed by atoms with Crippen LogP contribution in [0, 0.1) is 6.92 Å². The maximum atomic E-state index is 12.7. The molecule has 3 heterocycles. The molecule has 0 bridgehead atoms. The Hall–Kier alpha value is -3.06. The number of hydrogen-bond donors (Lipinski definition) is 1. The minimum absolute atomic E-state index is 0.134. The molecule has 4 aromatic rings. The predicted molar refractivity (Wildman–Crippen MR) is 121 cm³/mol. The van der Waals surface area contributed by atoms with Gasteiger partial charge in [0.05, 0.1) is 17.4 Å². The van der Waals surface area contributed by atoms with Crippen LogP contribution in [0.25, 0.3) is 20.7 Å². The van der Waals surface area contributed by atoms with Gasteiger partial charge in [0, 0.05) is 28.1 Å². The Labute approximate surface area is 201 Å². The van der Waals surface area contributed by atoms with Gasteiger partial charge in [0.25, 0.3) is 5.56 Å². The number of halogens is 6. The van der Waals surface area contributed by atoms with E-state index in [1.54, 1.807) is 19.1 Å². The summed E-state index contributed by atoms with van der Waals surface area (Å²) in [5.41, 5.74) is -1.28. The third-order valence-corrected chi connectivity index (χ3v) is 7.41. The Balaban J connectivity index is 1.64. The van der Waals surface area contributed by atoms with Crippen molar-refractivity contribution in [1.82, 2.24) is 14.5 Å². The van der Waals surface area contributed by atoms with Crippen LogP contribution in [0.2, 0.25) is 0 Å². The van der Waals surface area contributed by atoms with Crippen molar-refractivity contribution < 1.29 is 26.3 Å². The molecule has 0 aliphatic rings. The first kappa shape index (κ1) is 25.0. The average molecular weight is 532 g/mol. The highest BCUT2D eigenvalue weighted by Gasteiger charge is 2.30. The van der Waals surface area contributed by atoms with E-state index in [2.05, 4.69) is 9.97 Å². The fourth-order valence-corrected chi connectivity index (χ4v) is 5.47. The van der Waals surface area contributed by atoms with Crippen LogP contribution in [0.3, 0.4) is 0 Å². The lowest BCUT2D eigenvalue weighted by Crippen LogP contribution is -2.31. The lowest BCUT2D eigenvalue weighted by atomic mass is 10.1. The number of aryl methyl sites for hydroxylation is 2. The molecule has 0 amide bonds. The molecule has 0 radical (unpaired) electrons. The van der Waals surface area contributed by atoms with E-state index in [0.29, 0.717) is 25.9 Å². The normalized spacial score (nSPS) is 12.4. The van der Waals surface area contributed by atoms with Gasteiger partial charge in [-0.15, -0.1) is 11.3 Å². The summed E-state index contributed by atoms with van der Waals surface area (Å²) in [6.45, 7) is 1.00. The molecule has 0 fully saturated rings. The standard InChI is InChI=1S/C22H15F6N3O2S2/c1-11-16-18(32)30-20(33)31(9-8-21(23,24)25)19(16)35-17(11)12-2-7-15(29-10-12)34-14-5-3-13(4-6-14)22(26,27)28/h2-7,10H,8-9H2,1H3,(H,30,32,33). The Morgan fingerprint density at radius 2 is 1.71 bits per heavy atom. The maximum absolute atomic E-state index is 12.7. The summed E-state index contributed by atoms with van der Waals surface area (Å²) >= 11 is 2.17. The van der Waals surface area contributed by atoms with Gasteiger partial charge in [-0.1, -0.05) is 11.8 Å². The summed E-state index contributed by atoms with van der Waals surface area (Å²) in [5.74, 6) is 0. The zero-order valence-corrected chi connectivity index (χ0v) is 19.4. The monoisotopic (exact) mass is 531 g/mol. The van der Waals surface area contributed by atoms with Crippen LogP contribution in [0.5, 0.6) is 0 Å². The number of thiophene rings is 1.